The molecular formula is C19H16Cl2N2O3S. The zero-order valence-corrected chi connectivity index (χ0v) is 16.9. The van der Waals surface area contributed by atoms with Crippen molar-refractivity contribution in [3.05, 3.63) is 56.9 Å². The zero-order valence-electron chi connectivity index (χ0n) is 14.6. The smallest absolute Gasteiger partial charge is 0.264 e. The Hall–Kier alpha value is -2.15. The number of nitrogens with one attached hydrogen (secondary N) is 1. The van der Waals surface area contributed by atoms with E-state index >= 15 is 0 Å². The molecule has 0 bridgehead atoms. The molecular weight excluding hydrogens is 407 g/mol. The minimum Gasteiger partial charge on any atom is -0.494 e. The van der Waals surface area contributed by atoms with Crippen LogP contribution in [0.5, 0.6) is 11.5 Å². The summed E-state index contributed by atoms with van der Waals surface area (Å²) in [7, 11) is 1.55. The fourth-order valence-electron chi connectivity index (χ4n) is 2.40. The largest absolute Gasteiger partial charge is 0.494 e. The van der Waals surface area contributed by atoms with Crippen molar-refractivity contribution >= 4 is 57.8 Å². The van der Waals surface area contributed by atoms with Gasteiger partial charge in [0.25, 0.3) is 5.91 Å². The van der Waals surface area contributed by atoms with E-state index in [0.717, 1.165) is 5.56 Å². The molecule has 1 fully saturated rings. The lowest BCUT2D eigenvalue weighted by molar-refractivity contribution is -0.115. The summed E-state index contributed by atoms with van der Waals surface area (Å²) in [6.45, 7) is 2.41. The Labute approximate surface area is 171 Å². The third-order valence-electron chi connectivity index (χ3n) is 3.57. The van der Waals surface area contributed by atoms with E-state index in [1.54, 1.807) is 49.6 Å². The molecule has 0 spiro atoms. The number of carbonyl (C=O) groups excluding carboxylic acids is 1. The van der Waals surface area contributed by atoms with Gasteiger partial charge in [0, 0.05) is 15.6 Å². The van der Waals surface area contributed by atoms with Crippen LogP contribution in [0.3, 0.4) is 0 Å². The van der Waals surface area contributed by atoms with E-state index in [1.807, 2.05) is 6.92 Å². The molecule has 1 heterocycles. The van der Waals surface area contributed by atoms with E-state index in [0.29, 0.717) is 43.9 Å². The van der Waals surface area contributed by atoms with E-state index in [1.165, 1.54) is 11.8 Å². The fraction of sp³-hybridized carbons (Fsp3) is 0.158. The Kier molecular flexibility index (Phi) is 6.31. The second-order valence-electron chi connectivity index (χ2n) is 5.41. The van der Waals surface area contributed by atoms with Crippen molar-refractivity contribution in [1.29, 1.82) is 0 Å². The molecule has 1 saturated heterocycles. The minimum atomic E-state index is -0.248. The number of halogens is 2. The van der Waals surface area contributed by atoms with Gasteiger partial charge in [-0.05, 0) is 61.2 Å². The van der Waals surface area contributed by atoms with Crippen molar-refractivity contribution in [3.63, 3.8) is 0 Å². The molecule has 8 heteroatoms. The number of aliphatic imine (C=N–C) groups is 1. The van der Waals surface area contributed by atoms with Gasteiger partial charge in [0.05, 0.1) is 18.6 Å². The SMILES string of the molecule is CCOc1ccc(Cl)cc1/C=C1\SC(=Nc2cc(Cl)ccc2OC)NC1=O. The van der Waals surface area contributed by atoms with Crippen LogP contribution in [-0.2, 0) is 4.79 Å². The standard InChI is InChI=1S/C19H16Cl2N2O3S/c1-3-26-15-6-4-12(20)8-11(15)9-17-18(24)23-19(27-17)22-14-10-13(21)5-7-16(14)25-2/h4-10H,3H2,1-2H3,(H,22,23,24)/b17-9-. The summed E-state index contributed by atoms with van der Waals surface area (Å²) < 4.78 is 10.9. The molecule has 5 nitrogen and oxygen atoms in total. The van der Waals surface area contributed by atoms with Crippen molar-refractivity contribution in [2.45, 2.75) is 6.92 Å². The van der Waals surface area contributed by atoms with Gasteiger partial charge >= 0.3 is 0 Å². The lowest BCUT2D eigenvalue weighted by Crippen LogP contribution is -2.19. The maximum Gasteiger partial charge on any atom is 0.264 e. The molecule has 0 aromatic heterocycles. The summed E-state index contributed by atoms with van der Waals surface area (Å²) >= 11 is 13.3. The third kappa shape index (κ3) is 4.77. The summed E-state index contributed by atoms with van der Waals surface area (Å²) in [5, 5.41) is 4.27. The molecule has 1 aliphatic rings. The monoisotopic (exact) mass is 422 g/mol. The van der Waals surface area contributed by atoms with Gasteiger partial charge in [-0.1, -0.05) is 23.2 Å². The van der Waals surface area contributed by atoms with Gasteiger partial charge in [0.1, 0.15) is 17.2 Å². The Balaban J connectivity index is 1.91. The molecule has 140 valence electrons. The van der Waals surface area contributed by atoms with Crippen LogP contribution in [-0.4, -0.2) is 24.8 Å². The lowest BCUT2D eigenvalue weighted by atomic mass is 10.2. The molecule has 0 atom stereocenters. The number of hydrogen-bond acceptors (Lipinski definition) is 5. The average molecular weight is 423 g/mol. The van der Waals surface area contributed by atoms with Gasteiger partial charge in [-0.2, -0.15) is 0 Å². The third-order valence-corrected chi connectivity index (χ3v) is 4.95. The summed E-state index contributed by atoms with van der Waals surface area (Å²) in [6.07, 6.45) is 1.73. The highest BCUT2D eigenvalue weighted by atomic mass is 35.5. The van der Waals surface area contributed by atoms with Gasteiger partial charge in [0.2, 0.25) is 0 Å². The summed E-state index contributed by atoms with van der Waals surface area (Å²) in [5.41, 5.74) is 1.26. The molecule has 0 aliphatic carbocycles. The molecule has 0 radical (unpaired) electrons. The van der Waals surface area contributed by atoms with Crippen LogP contribution in [0.15, 0.2) is 46.3 Å². The van der Waals surface area contributed by atoms with Crippen molar-refractivity contribution < 1.29 is 14.3 Å². The highest BCUT2D eigenvalue weighted by molar-refractivity contribution is 8.18. The number of amides is 1. The maximum absolute atomic E-state index is 12.3. The molecule has 27 heavy (non-hydrogen) atoms. The summed E-state index contributed by atoms with van der Waals surface area (Å²) in [4.78, 5) is 17.3. The lowest BCUT2D eigenvalue weighted by Gasteiger charge is -2.07. The van der Waals surface area contributed by atoms with Gasteiger partial charge in [-0.15, -0.1) is 0 Å². The number of thioether (sulfide) groups is 1. The second-order valence-corrected chi connectivity index (χ2v) is 7.32. The quantitative estimate of drug-likeness (QED) is 0.664. The van der Waals surface area contributed by atoms with Crippen molar-refractivity contribution in [2.75, 3.05) is 13.7 Å². The van der Waals surface area contributed by atoms with Crippen LogP contribution in [0.1, 0.15) is 12.5 Å². The molecule has 2 aromatic carbocycles. The Morgan fingerprint density at radius 1 is 1.15 bits per heavy atom. The Morgan fingerprint density at radius 2 is 1.85 bits per heavy atom. The van der Waals surface area contributed by atoms with Gasteiger partial charge < -0.3 is 14.8 Å². The molecule has 3 rings (SSSR count). The molecule has 1 aliphatic heterocycles. The summed E-state index contributed by atoms with van der Waals surface area (Å²) in [5.74, 6) is 0.972. The van der Waals surface area contributed by atoms with Crippen LogP contribution in [0, 0.1) is 0 Å². The first-order valence-electron chi connectivity index (χ1n) is 8.05. The molecule has 2 aromatic rings. The first-order chi connectivity index (χ1) is 13.0. The van der Waals surface area contributed by atoms with E-state index in [2.05, 4.69) is 10.3 Å². The van der Waals surface area contributed by atoms with Gasteiger partial charge in [-0.25, -0.2) is 4.99 Å². The second kappa shape index (κ2) is 8.69. The fourth-order valence-corrected chi connectivity index (χ4v) is 3.57. The highest BCUT2D eigenvalue weighted by Gasteiger charge is 2.25. The van der Waals surface area contributed by atoms with E-state index < -0.39 is 0 Å². The highest BCUT2D eigenvalue weighted by Crippen LogP contribution is 2.35. The minimum absolute atomic E-state index is 0.248. The Morgan fingerprint density at radius 3 is 2.56 bits per heavy atom. The van der Waals surface area contributed by atoms with Crippen molar-refractivity contribution in [1.82, 2.24) is 5.32 Å². The van der Waals surface area contributed by atoms with Crippen LogP contribution in [0.4, 0.5) is 5.69 Å². The molecule has 1 N–H and O–H groups in total. The predicted octanol–water partition coefficient (Wildman–Crippen LogP) is 5.29. The van der Waals surface area contributed by atoms with Crippen molar-refractivity contribution in [2.24, 2.45) is 4.99 Å². The maximum atomic E-state index is 12.3. The van der Waals surface area contributed by atoms with E-state index in [-0.39, 0.29) is 5.91 Å². The number of amidine groups is 1. The molecule has 1 amide bonds. The number of hydrogen-bond donors (Lipinski definition) is 1. The first kappa shape index (κ1) is 19.6. The van der Waals surface area contributed by atoms with Gasteiger partial charge in [0.15, 0.2) is 5.17 Å². The number of benzene rings is 2. The molecule has 0 unspecified atom stereocenters. The summed E-state index contributed by atoms with van der Waals surface area (Å²) in [6, 6.07) is 10.4. The van der Waals surface area contributed by atoms with Gasteiger partial charge in [-0.3, -0.25) is 4.79 Å². The number of rotatable bonds is 5. The zero-order chi connectivity index (χ0) is 19.4. The Bertz CT molecular complexity index is 945. The average Bonchev–Trinajstić information content (AvgIpc) is 2.97. The topological polar surface area (TPSA) is 59.9 Å². The van der Waals surface area contributed by atoms with Crippen LogP contribution < -0.4 is 14.8 Å². The number of nitrogens with zero attached hydrogens (tertiary/aromatic N) is 1. The van der Waals surface area contributed by atoms with E-state index in [9.17, 15) is 4.79 Å². The number of ether oxygens (including phenoxy) is 2. The van der Waals surface area contributed by atoms with Crippen LogP contribution in [0.25, 0.3) is 6.08 Å². The number of methoxy groups -OCH3 is 1. The normalized spacial score (nSPS) is 16.7. The van der Waals surface area contributed by atoms with E-state index in [4.69, 9.17) is 32.7 Å². The number of carbonyl (C=O) groups is 1. The molecule has 0 saturated carbocycles. The van der Waals surface area contributed by atoms with Crippen molar-refractivity contribution in [3.8, 4) is 11.5 Å². The predicted molar refractivity (Wildman–Crippen MR) is 111 cm³/mol. The van der Waals surface area contributed by atoms with Crippen LogP contribution >= 0.6 is 35.0 Å². The first-order valence-corrected chi connectivity index (χ1v) is 9.63. The van der Waals surface area contributed by atoms with Crippen LogP contribution in [0.2, 0.25) is 10.0 Å².